The van der Waals surface area contributed by atoms with Crippen molar-refractivity contribution < 1.29 is 9.47 Å². The van der Waals surface area contributed by atoms with Crippen LogP contribution in [0.5, 0.6) is 0 Å². The zero-order chi connectivity index (χ0) is 18.2. The van der Waals surface area contributed by atoms with Crippen LogP contribution in [-0.4, -0.2) is 91.5 Å². The number of morpholine rings is 2. The molecule has 1 atom stereocenters. The van der Waals surface area contributed by atoms with E-state index in [-0.39, 0.29) is 0 Å². The fourth-order valence-electron chi connectivity index (χ4n) is 4.18. The molecule has 3 aliphatic heterocycles. The Balaban J connectivity index is 1.36. The van der Waals surface area contributed by atoms with Gasteiger partial charge in [0.2, 0.25) is 5.28 Å². The minimum absolute atomic E-state index is 0.321. The lowest BCUT2D eigenvalue weighted by Gasteiger charge is -2.43. The second-order valence-electron chi connectivity index (χ2n) is 7.34. The second kappa shape index (κ2) is 7.77. The maximum Gasteiger partial charge on any atom is 0.224 e. The lowest BCUT2D eigenvalue weighted by atomic mass is 10.1. The Hall–Kier alpha value is -1.03. The highest BCUT2D eigenvalue weighted by Crippen LogP contribution is 2.34. The summed E-state index contributed by atoms with van der Waals surface area (Å²) >= 11 is 8.01. The molecule has 2 aromatic heterocycles. The van der Waals surface area contributed by atoms with Crippen molar-refractivity contribution in [1.82, 2.24) is 19.8 Å². The number of halogens is 1. The molecule has 3 saturated heterocycles. The Bertz CT molecular complexity index is 812. The number of thiophene rings is 1. The van der Waals surface area contributed by atoms with Crippen LogP contribution in [0.1, 0.15) is 4.88 Å². The van der Waals surface area contributed by atoms with Crippen LogP contribution in [0.2, 0.25) is 5.28 Å². The Morgan fingerprint density at radius 1 is 1.07 bits per heavy atom. The lowest BCUT2D eigenvalue weighted by molar-refractivity contribution is -0.0460. The average molecular weight is 410 g/mol. The third kappa shape index (κ3) is 3.79. The summed E-state index contributed by atoms with van der Waals surface area (Å²) in [6.07, 6.45) is 0. The molecule has 9 heteroatoms. The number of hydrogen-bond donors (Lipinski definition) is 0. The summed E-state index contributed by atoms with van der Waals surface area (Å²) in [6, 6.07) is 2.71. The molecule has 146 valence electrons. The van der Waals surface area contributed by atoms with Crippen molar-refractivity contribution in [1.29, 1.82) is 0 Å². The van der Waals surface area contributed by atoms with Gasteiger partial charge in [0.1, 0.15) is 0 Å². The van der Waals surface area contributed by atoms with Gasteiger partial charge in [-0.25, -0.2) is 4.98 Å². The minimum Gasteiger partial charge on any atom is -0.378 e. The third-order valence-electron chi connectivity index (χ3n) is 5.59. The summed E-state index contributed by atoms with van der Waals surface area (Å²) in [7, 11) is 0. The monoisotopic (exact) mass is 409 g/mol. The van der Waals surface area contributed by atoms with E-state index in [1.807, 2.05) is 0 Å². The van der Waals surface area contributed by atoms with Crippen molar-refractivity contribution in [3.8, 4) is 0 Å². The summed E-state index contributed by atoms with van der Waals surface area (Å²) in [5, 5.41) is 0.321. The van der Waals surface area contributed by atoms with Gasteiger partial charge in [-0.05, 0) is 17.7 Å². The van der Waals surface area contributed by atoms with Crippen molar-refractivity contribution in [3.05, 3.63) is 16.2 Å². The first kappa shape index (κ1) is 18.0. The zero-order valence-corrected chi connectivity index (χ0v) is 16.8. The highest BCUT2D eigenvalue weighted by atomic mass is 35.5. The molecular formula is C18H24ClN5O2S. The van der Waals surface area contributed by atoms with Gasteiger partial charge in [0, 0.05) is 56.7 Å². The van der Waals surface area contributed by atoms with Crippen molar-refractivity contribution in [2.75, 3.05) is 70.6 Å². The topological polar surface area (TPSA) is 54.0 Å². The van der Waals surface area contributed by atoms with Gasteiger partial charge in [-0.15, -0.1) is 11.3 Å². The Kier molecular flexibility index (Phi) is 5.19. The van der Waals surface area contributed by atoms with E-state index in [1.165, 1.54) is 4.88 Å². The number of nitrogens with zero attached hydrogens (tertiary/aromatic N) is 5. The molecule has 0 aromatic carbocycles. The van der Waals surface area contributed by atoms with E-state index in [4.69, 9.17) is 21.1 Å². The van der Waals surface area contributed by atoms with Crippen molar-refractivity contribution >= 4 is 39.0 Å². The van der Waals surface area contributed by atoms with E-state index in [9.17, 15) is 0 Å². The van der Waals surface area contributed by atoms with Crippen LogP contribution in [0.15, 0.2) is 6.07 Å². The van der Waals surface area contributed by atoms with Crippen LogP contribution in [0, 0.1) is 0 Å². The molecule has 0 saturated carbocycles. The number of piperazine rings is 1. The van der Waals surface area contributed by atoms with Crippen LogP contribution in [0.4, 0.5) is 5.82 Å². The first-order valence-electron chi connectivity index (χ1n) is 9.59. The van der Waals surface area contributed by atoms with Crippen molar-refractivity contribution in [2.45, 2.75) is 12.6 Å². The molecule has 3 aliphatic rings. The molecule has 0 spiro atoms. The van der Waals surface area contributed by atoms with Crippen LogP contribution in [-0.2, 0) is 16.0 Å². The molecule has 5 rings (SSSR count). The van der Waals surface area contributed by atoms with Gasteiger partial charge in [0.15, 0.2) is 5.82 Å². The maximum absolute atomic E-state index is 6.22. The molecule has 0 radical (unpaired) electrons. The summed E-state index contributed by atoms with van der Waals surface area (Å²) < 4.78 is 12.3. The number of ether oxygens (including phenoxy) is 2. The second-order valence-corrected chi connectivity index (χ2v) is 8.82. The summed E-state index contributed by atoms with van der Waals surface area (Å²) in [6.45, 7) is 10.2. The molecular weight excluding hydrogens is 386 g/mol. The first-order valence-corrected chi connectivity index (χ1v) is 10.8. The molecule has 0 N–H and O–H groups in total. The Morgan fingerprint density at radius 3 is 2.81 bits per heavy atom. The SMILES string of the molecule is Clc1nc(N2CCOCC2)c2sc(CN3CCN4CCOC[C@@H]4C3)cc2n1. The number of rotatable bonds is 3. The summed E-state index contributed by atoms with van der Waals surface area (Å²) in [4.78, 5) is 17.7. The molecule has 27 heavy (non-hydrogen) atoms. The van der Waals surface area contributed by atoms with Gasteiger partial charge in [0.25, 0.3) is 0 Å². The van der Waals surface area contributed by atoms with Crippen LogP contribution >= 0.6 is 22.9 Å². The molecule has 5 heterocycles. The van der Waals surface area contributed by atoms with Gasteiger partial charge < -0.3 is 14.4 Å². The first-order chi connectivity index (χ1) is 13.3. The maximum atomic E-state index is 6.22. The van der Waals surface area contributed by atoms with Crippen molar-refractivity contribution in [3.63, 3.8) is 0 Å². The largest absolute Gasteiger partial charge is 0.378 e. The van der Waals surface area contributed by atoms with E-state index in [2.05, 4.69) is 30.7 Å². The Morgan fingerprint density at radius 2 is 1.93 bits per heavy atom. The predicted octanol–water partition coefficient (Wildman–Crippen LogP) is 1.70. The fraction of sp³-hybridized carbons (Fsp3) is 0.667. The van der Waals surface area contributed by atoms with Crippen molar-refractivity contribution in [2.24, 2.45) is 0 Å². The molecule has 2 aromatic rings. The highest BCUT2D eigenvalue weighted by Gasteiger charge is 2.30. The van der Waals surface area contributed by atoms with Crippen LogP contribution in [0.3, 0.4) is 0 Å². The third-order valence-corrected chi connectivity index (χ3v) is 6.86. The molecule has 0 amide bonds. The number of anilines is 1. The smallest absolute Gasteiger partial charge is 0.224 e. The van der Waals surface area contributed by atoms with Crippen LogP contribution < -0.4 is 4.90 Å². The summed E-state index contributed by atoms with van der Waals surface area (Å²) in [5.41, 5.74) is 0.955. The number of hydrogen-bond acceptors (Lipinski definition) is 8. The lowest BCUT2D eigenvalue weighted by Crippen LogP contribution is -2.57. The van der Waals surface area contributed by atoms with Gasteiger partial charge in [-0.2, -0.15) is 4.98 Å². The standard InChI is InChI=1S/C18H24ClN5O2S/c19-18-20-15-9-14(11-22-1-2-23-3-8-26-12-13(23)10-22)27-16(15)17(21-18)24-4-6-25-7-5-24/h9,13H,1-8,10-12H2/t13-/m0/s1. The number of aromatic nitrogens is 2. The fourth-order valence-corrected chi connectivity index (χ4v) is 5.51. The van der Waals surface area contributed by atoms with E-state index < -0.39 is 0 Å². The molecule has 0 bridgehead atoms. The van der Waals surface area contributed by atoms with E-state index >= 15 is 0 Å². The summed E-state index contributed by atoms with van der Waals surface area (Å²) in [5.74, 6) is 0.954. The quantitative estimate of drug-likeness (QED) is 0.715. The van der Waals surface area contributed by atoms with Gasteiger partial charge in [0.05, 0.1) is 36.6 Å². The average Bonchev–Trinajstić information content (AvgIpc) is 3.10. The minimum atomic E-state index is 0.321. The van der Waals surface area contributed by atoms with Gasteiger partial charge in [-0.1, -0.05) is 0 Å². The van der Waals surface area contributed by atoms with Crippen LogP contribution in [0.25, 0.3) is 10.2 Å². The molecule has 0 unspecified atom stereocenters. The molecule has 3 fully saturated rings. The highest BCUT2D eigenvalue weighted by molar-refractivity contribution is 7.19. The van der Waals surface area contributed by atoms with E-state index in [0.29, 0.717) is 11.3 Å². The molecule has 7 nitrogen and oxygen atoms in total. The Labute approximate surface area is 167 Å². The predicted molar refractivity (Wildman–Crippen MR) is 107 cm³/mol. The number of fused-ring (bicyclic) bond motifs is 2. The zero-order valence-electron chi connectivity index (χ0n) is 15.3. The van der Waals surface area contributed by atoms with Gasteiger partial charge >= 0.3 is 0 Å². The van der Waals surface area contributed by atoms with Gasteiger partial charge in [-0.3, -0.25) is 9.80 Å². The van der Waals surface area contributed by atoms with E-state index in [1.54, 1.807) is 11.3 Å². The molecule has 0 aliphatic carbocycles. The normalized spacial score (nSPS) is 25.1. The van der Waals surface area contributed by atoms with E-state index in [0.717, 1.165) is 88.3 Å².